The lowest BCUT2D eigenvalue weighted by molar-refractivity contribution is 0.583. The lowest BCUT2D eigenvalue weighted by Gasteiger charge is -2.28. The normalized spacial score (nSPS) is 13.0. The molecule has 6 aromatic heterocycles. The van der Waals surface area contributed by atoms with E-state index in [0.717, 1.165) is 149 Å². The van der Waals surface area contributed by atoms with Crippen LogP contribution in [0.25, 0.3) is 212 Å². The van der Waals surface area contributed by atoms with Gasteiger partial charge in [-0.15, -0.1) is 11.3 Å². The van der Waals surface area contributed by atoms with E-state index < -0.39 is 5.41 Å². The first kappa shape index (κ1) is 70.0. The van der Waals surface area contributed by atoms with Gasteiger partial charge in [-0.3, -0.25) is 0 Å². The van der Waals surface area contributed by atoms with Crippen LogP contribution in [0, 0.1) is 0 Å². The second-order valence-electron chi connectivity index (χ2n) is 30.0. The first-order valence-electron chi connectivity index (χ1n) is 39.6. The summed E-state index contributed by atoms with van der Waals surface area (Å²) >= 11 is 1.78. The molecule has 0 fully saturated rings. The third-order valence-electron chi connectivity index (χ3n) is 22.5. The van der Waals surface area contributed by atoms with E-state index in [1.54, 1.807) is 11.3 Å². The van der Waals surface area contributed by atoms with Crippen molar-refractivity contribution in [3.05, 3.63) is 387 Å². The highest BCUT2D eigenvalue weighted by Crippen LogP contribution is 2.55. The zero-order chi connectivity index (χ0) is 78.9. The van der Waals surface area contributed by atoms with Gasteiger partial charge in [0, 0.05) is 103 Å². The molecule has 0 aliphatic heterocycles. The predicted molar refractivity (Wildman–Crippen MR) is 478 cm³/mol. The highest BCUT2D eigenvalue weighted by Gasteiger charge is 2.42. The molecular weight excluding hydrogens is 1480 g/mol. The largest absolute Gasteiger partial charge is 0.456 e. The van der Waals surface area contributed by atoms with Gasteiger partial charge >= 0.3 is 0 Å². The van der Waals surface area contributed by atoms with E-state index in [-0.39, 0.29) is 0 Å². The molecule has 1 atom stereocenters. The van der Waals surface area contributed by atoms with Crippen LogP contribution in [0.1, 0.15) is 23.6 Å². The summed E-state index contributed by atoms with van der Waals surface area (Å²) in [5.74, 6) is 6.96. The van der Waals surface area contributed by atoms with Crippen molar-refractivity contribution in [3.63, 3.8) is 0 Å². The van der Waals surface area contributed by atoms with Crippen LogP contribution < -0.4 is 0 Å². The van der Waals surface area contributed by atoms with E-state index in [1.807, 2.05) is 188 Å². The van der Waals surface area contributed by atoms with Crippen LogP contribution in [-0.4, -0.2) is 59.8 Å². The van der Waals surface area contributed by atoms with Crippen LogP contribution in [0.3, 0.4) is 0 Å². The minimum absolute atomic E-state index is 0.520. The zero-order valence-electron chi connectivity index (χ0n) is 64.1. The smallest absolute Gasteiger partial charge is 0.164 e. The van der Waals surface area contributed by atoms with Gasteiger partial charge in [0.25, 0.3) is 0 Å². The van der Waals surface area contributed by atoms with Gasteiger partial charge in [0.2, 0.25) is 0 Å². The van der Waals surface area contributed by atoms with Crippen LogP contribution in [0.2, 0.25) is 0 Å². The van der Waals surface area contributed by atoms with Gasteiger partial charge in [-0.05, 0) is 117 Å². The van der Waals surface area contributed by atoms with Crippen molar-refractivity contribution in [2.75, 3.05) is 0 Å². The minimum Gasteiger partial charge on any atom is -0.456 e. The van der Waals surface area contributed by atoms with Gasteiger partial charge in [-0.2, -0.15) is 0 Å². The summed E-state index contributed by atoms with van der Waals surface area (Å²) in [4.78, 5) is 62.8. The first-order chi connectivity index (χ1) is 58.8. The maximum atomic E-state index is 6.82. The fourth-order valence-corrected chi connectivity index (χ4v) is 17.9. The molecule has 0 saturated carbocycles. The molecule has 558 valence electrons. The van der Waals surface area contributed by atoms with Crippen LogP contribution in [0.5, 0.6) is 0 Å². The molecule has 22 rings (SSSR count). The Balaban J connectivity index is 0.656. The molecule has 0 bridgehead atoms. The van der Waals surface area contributed by atoms with Gasteiger partial charge in [0.05, 0.1) is 0 Å². The molecule has 0 saturated heterocycles. The highest BCUT2D eigenvalue weighted by atomic mass is 32.1. The second kappa shape index (κ2) is 29.3. The topological polar surface area (TPSA) is 168 Å². The Morgan fingerprint density at radius 1 is 0.227 bits per heavy atom. The lowest BCUT2D eigenvalue weighted by atomic mass is 9.75. The fourth-order valence-electron chi connectivity index (χ4n) is 16.8. The number of hydrogen-bond acceptors (Lipinski definition) is 14. The average molecular weight is 1540 g/mol. The Morgan fingerprint density at radius 3 is 1.11 bits per heavy atom. The molecule has 1 unspecified atom stereocenters. The first-order valence-corrected chi connectivity index (χ1v) is 40.4. The van der Waals surface area contributed by atoms with Crippen LogP contribution in [0.4, 0.5) is 0 Å². The Kier molecular flexibility index (Phi) is 17.3. The number of nitrogens with zero attached hydrogens (tertiary/aromatic N) is 12. The average Bonchev–Trinajstić information content (AvgIpc) is 1.55. The van der Waals surface area contributed by atoms with Crippen LogP contribution in [0.15, 0.2) is 374 Å². The molecule has 21 aromatic rings. The van der Waals surface area contributed by atoms with Gasteiger partial charge in [0.15, 0.2) is 69.9 Å². The molecule has 14 heteroatoms. The zero-order valence-corrected chi connectivity index (χ0v) is 64.9. The van der Waals surface area contributed by atoms with E-state index in [2.05, 4.69) is 189 Å². The van der Waals surface area contributed by atoms with Crippen molar-refractivity contribution in [2.45, 2.75) is 18.8 Å². The molecule has 6 heterocycles. The number of aromatic nitrogens is 12. The number of benzene rings is 15. The van der Waals surface area contributed by atoms with Gasteiger partial charge in [-0.1, -0.05) is 316 Å². The number of rotatable bonds is 16. The molecule has 0 spiro atoms. The van der Waals surface area contributed by atoms with Crippen molar-refractivity contribution in [1.82, 2.24) is 59.8 Å². The number of thiophene rings is 1. The maximum Gasteiger partial charge on any atom is 0.164 e. The SMILES string of the molecule is CC1(Cc2cccc(-c3nc(-c4ccccc4)nc(-c4cccc5oc6ccc(-c7cccc8sc9ccc(-c%10nc(-c%11ccccc%11)nc(-c%11ccccc%11)n%10)cc9c78)cc6c45)n3)c2)c2ccc(-c3cccc(-c4nc(-c5ccccc5)nc(-c5ccccc5)n4)c3)cc2-c2c(-c3nc(-c4ccccc4)nc(-c4ccccc4)n3)cccc21. The number of fused-ring (bicyclic) bond motifs is 9. The Hall–Kier alpha value is -15.6. The summed E-state index contributed by atoms with van der Waals surface area (Å²) in [6.45, 7) is 2.37. The molecule has 0 amide bonds. The Labute approximate surface area is 688 Å². The van der Waals surface area contributed by atoms with Crippen molar-refractivity contribution < 1.29 is 4.42 Å². The molecule has 15 aromatic carbocycles. The molecule has 119 heavy (non-hydrogen) atoms. The Bertz CT molecular complexity index is 7350. The summed E-state index contributed by atoms with van der Waals surface area (Å²) in [5, 5.41) is 4.11. The summed E-state index contributed by atoms with van der Waals surface area (Å²) < 4.78 is 9.15. The molecule has 0 radical (unpaired) electrons. The second-order valence-corrected chi connectivity index (χ2v) is 31.1. The van der Waals surface area contributed by atoms with Crippen molar-refractivity contribution in [3.8, 4) is 170 Å². The quantitative estimate of drug-likeness (QED) is 0.0897. The van der Waals surface area contributed by atoms with E-state index in [9.17, 15) is 0 Å². The summed E-state index contributed by atoms with van der Waals surface area (Å²) in [7, 11) is 0. The van der Waals surface area contributed by atoms with Crippen molar-refractivity contribution >= 4 is 53.4 Å². The monoisotopic (exact) mass is 1540 g/mol. The fraction of sp³-hybridized carbons (Fsp3) is 0.0286. The summed E-state index contributed by atoms with van der Waals surface area (Å²) in [6, 6.07) is 127. The van der Waals surface area contributed by atoms with Crippen LogP contribution in [-0.2, 0) is 11.8 Å². The summed E-state index contributed by atoms with van der Waals surface area (Å²) in [6.07, 6.45) is 0.611. The summed E-state index contributed by atoms with van der Waals surface area (Å²) in [5.41, 5.74) is 21.2. The molecule has 1 aliphatic carbocycles. The third kappa shape index (κ3) is 12.9. The maximum absolute atomic E-state index is 6.82. The standard InChI is InChI=1S/C105H66N12OS/c1-105(84-55-52-73(72-43-24-45-76(59-72)101-109-93(65-29-9-2-10-30-65)106-94(110-101)66-31-11-3-12-32-66)60-81(84)90-79(47-25-49-85(90)105)103-114-97(69-37-17-6-18-38-69)108-98(115-103)70-39-19-7-20-40-70)63-64-28-23-44-75(58-64)100-113-99(71-41-21-8-22-42-71)116-104(117-100)80-48-26-50-87-91(80)82-61-74(53-56-86(82)118-87)78-46-27-51-89-92(78)83-62-77(54-57-88(83)119-89)102-111-95(67-33-13-4-14-34-67)107-96(112-102)68-35-15-5-16-36-68/h2-62H,63H2,1H3. The van der Waals surface area contributed by atoms with E-state index in [0.29, 0.717) is 76.3 Å². The Morgan fingerprint density at radius 2 is 0.597 bits per heavy atom. The lowest BCUT2D eigenvalue weighted by Crippen LogP contribution is -2.24. The van der Waals surface area contributed by atoms with Gasteiger partial charge < -0.3 is 4.42 Å². The third-order valence-corrected chi connectivity index (χ3v) is 23.7. The van der Waals surface area contributed by atoms with Crippen LogP contribution >= 0.6 is 11.3 Å². The molecular formula is C105H66N12OS. The highest BCUT2D eigenvalue weighted by molar-refractivity contribution is 7.26. The minimum atomic E-state index is -0.597. The van der Waals surface area contributed by atoms with Crippen molar-refractivity contribution in [2.24, 2.45) is 0 Å². The molecule has 1 aliphatic rings. The van der Waals surface area contributed by atoms with E-state index >= 15 is 0 Å². The van der Waals surface area contributed by atoms with E-state index in [1.165, 1.54) is 10.3 Å². The van der Waals surface area contributed by atoms with Gasteiger partial charge in [-0.25, -0.2) is 59.8 Å². The predicted octanol–water partition coefficient (Wildman–Crippen LogP) is 25.6. The van der Waals surface area contributed by atoms with Crippen molar-refractivity contribution in [1.29, 1.82) is 0 Å². The van der Waals surface area contributed by atoms with Gasteiger partial charge in [0.1, 0.15) is 11.2 Å². The molecule has 0 N–H and O–H groups in total. The number of furan rings is 1. The molecule has 13 nitrogen and oxygen atoms in total. The van der Waals surface area contributed by atoms with E-state index in [4.69, 9.17) is 64.2 Å². The number of hydrogen-bond donors (Lipinski definition) is 0.